The highest BCUT2D eigenvalue weighted by atomic mass is 79.9. The van der Waals surface area contributed by atoms with Crippen LogP contribution in [0.5, 0.6) is 0 Å². The third-order valence-corrected chi connectivity index (χ3v) is 4.35. The van der Waals surface area contributed by atoms with Crippen LogP contribution in [-0.4, -0.2) is 0 Å². The second-order valence-electron chi connectivity index (χ2n) is 4.14. The molecule has 0 unspecified atom stereocenters. The second kappa shape index (κ2) is 5.26. The molecular formula is C16H12Br2O2. The van der Waals surface area contributed by atoms with Gasteiger partial charge >= 0.3 is 0 Å². The van der Waals surface area contributed by atoms with Gasteiger partial charge in [-0.2, -0.15) is 0 Å². The van der Waals surface area contributed by atoms with Crippen LogP contribution in [0.1, 0.15) is 13.8 Å². The van der Waals surface area contributed by atoms with Gasteiger partial charge in [-0.1, -0.05) is 13.8 Å². The number of hydrogen-bond donors (Lipinski definition) is 0. The quantitative estimate of drug-likeness (QED) is 0.324. The van der Waals surface area contributed by atoms with Crippen molar-refractivity contribution in [2.45, 2.75) is 13.8 Å². The summed E-state index contributed by atoms with van der Waals surface area (Å²) in [6.45, 7) is 4.00. The zero-order valence-corrected chi connectivity index (χ0v) is 14.2. The summed E-state index contributed by atoms with van der Waals surface area (Å²) in [5, 5.41) is 4.51. The van der Waals surface area contributed by atoms with Crippen molar-refractivity contribution in [1.29, 1.82) is 0 Å². The summed E-state index contributed by atoms with van der Waals surface area (Å²) in [4.78, 5) is 0. The topological polar surface area (TPSA) is 26.3 Å². The van der Waals surface area contributed by atoms with Gasteiger partial charge in [0.15, 0.2) is 0 Å². The predicted octanol–water partition coefficient (Wildman–Crippen LogP) is 6.88. The van der Waals surface area contributed by atoms with Crippen molar-refractivity contribution in [3.05, 3.63) is 45.7 Å². The van der Waals surface area contributed by atoms with E-state index in [1.165, 1.54) is 0 Å². The van der Waals surface area contributed by atoms with Gasteiger partial charge in [0, 0.05) is 10.8 Å². The van der Waals surface area contributed by atoms with E-state index in [2.05, 4.69) is 44.0 Å². The lowest BCUT2D eigenvalue weighted by Crippen LogP contribution is -1.78. The van der Waals surface area contributed by atoms with Gasteiger partial charge in [0.1, 0.15) is 11.2 Å². The van der Waals surface area contributed by atoms with Crippen molar-refractivity contribution in [2.75, 3.05) is 0 Å². The molecule has 0 aliphatic carbocycles. The molecule has 2 aromatic carbocycles. The van der Waals surface area contributed by atoms with Crippen LogP contribution < -0.4 is 0 Å². The Kier molecular flexibility index (Phi) is 3.61. The highest BCUT2D eigenvalue weighted by molar-refractivity contribution is 9.11. The monoisotopic (exact) mass is 394 g/mol. The van der Waals surface area contributed by atoms with Gasteiger partial charge in [0.05, 0.1) is 21.5 Å². The predicted molar refractivity (Wildman–Crippen MR) is 90.2 cm³/mol. The summed E-state index contributed by atoms with van der Waals surface area (Å²) in [5.41, 5.74) is 1.74. The van der Waals surface area contributed by atoms with E-state index in [0.29, 0.717) is 0 Å². The van der Waals surface area contributed by atoms with Crippen LogP contribution in [0.3, 0.4) is 0 Å². The van der Waals surface area contributed by atoms with Crippen LogP contribution in [0.2, 0.25) is 0 Å². The first kappa shape index (κ1) is 13.7. The molecule has 0 bridgehead atoms. The van der Waals surface area contributed by atoms with Crippen LogP contribution >= 0.6 is 31.9 Å². The lowest BCUT2D eigenvalue weighted by Gasteiger charge is -2.04. The van der Waals surface area contributed by atoms with Crippen molar-refractivity contribution < 1.29 is 8.83 Å². The molecule has 4 rings (SSSR count). The molecule has 2 nitrogen and oxygen atoms in total. The summed E-state index contributed by atoms with van der Waals surface area (Å²) in [7, 11) is 0. The van der Waals surface area contributed by atoms with E-state index in [1.54, 1.807) is 12.5 Å². The molecule has 2 heterocycles. The van der Waals surface area contributed by atoms with Crippen LogP contribution in [0, 0.1) is 0 Å². The highest BCUT2D eigenvalue weighted by Gasteiger charge is 2.13. The van der Waals surface area contributed by atoms with Gasteiger partial charge in [-0.05, 0) is 66.9 Å². The number of fused-ring (bicyclic) bond motifs is 5. The Balaban J connectivity index is 0.000000581. The van der Waals surface area contributed by atoms with Gasteiger partial charge < -0.3 is 8.83 Å². The van der Waals surface area contributed by atoms with Gasteiger partial charge in [-0.25, -0.2) is 0 Å². The van der Waals surface area contributed by atoms with E-state index in [9.17, 15) is 0 Å². The molecule has 0 atom stereocenters. The van der Waals surface area contributed by atoms with Crippen molar-refractivity contribution in [3.63, 3.8) is 0 Å². The molecule has 0 aliphatic heterocycles. The SMILES string of the molecule is Brc1cc2c3ccoc3c(Br)cc2c2ccoc12.CC. The largest absolute Gasteiger partial charge is 0.463 e. The van der Waals surface area contributed by atoms with Gasteiger partial charge in [-0.3, -0.25) is 0 Å². The minimum atomic E-state index is 0.872. The number of rotatable bonds is 0. The molecule has 4 aromatic rings. The Morgan fingerprint density at radius 2 is 1.10 bits per heavy atom. The molecule has 0 aliphatic rings. The average Bonchev–Trinajstić information content (AvgIpc) is 3.11. The Hall–Kier alpha value is -1.26. The summed E-state index contributed by atoms with van der Waals surface area (Å²) in [5.74, 6) is 0. The van der Waals surface area contributed by atoms with E-state index in [4.69, 9.17) is 8.83 Å². The molecule has 0 spiro atoms. The fourth-order valence-electron chi connectivity index (χ4n) is 2.40. The Labute approximate surface area is 133 Å². The van der Waals surface area contributed by atoms with Gasteiger partial charge in [-0.15, -0.1) is 0 Å². The normalized spacial score (nSPS) is 11.0. The summed E-state index contributed by atoms with van der Waals surface area (Å²) in [6.07, 6.45) is 3.42. The molecule has 4 heteroatoms. The lowest BCUT2D eigenvalue weighted by atomic mass is 10.0. The summed E-state index contributed by atoms with van der Waals surface area (Å²) in [6, 6.07) is 8.12. The molecule has 2 aromatic heterocycles. The van der Waals surface area contributed by atoms with Crippen molar-refractivity contribution in [2.24, 2.45) is 0 Å². The molecular weight excluding hydrogens is 384 g/mol. The van der Waals surface area contributed by atoms with Crippen molar-refractivity contribution in [3.8, 4) is 0 Å². The van der Waals surface area contributed by atoms with Crippen molar-refractivity contribution >= 4 is 64.6 Å². The zero-order chi connectivity index (χ0) is 14.3. The minimum Gasteiger partial charge on any atom is -0.463 e. The Bertz CT molecular complexity index is 827. The third kappa shape index (κ3) is 1.90. The average molecular weight is 396 g/mol. The molecule has 0 fully saturated rings. The highest BCUT2D eigenvalue weighted by Crippen LogP contribution is 2.39. The molecule has 0 amide bonds. The maximum atomic E-state index is 5.50. The van der Waals surface area contributed by atoms with E-state index in [-0.39, 0.29) is 0 Å². The van der Waals surface area contributed by atoms with Crippen LogP contribution in [0.25, 0.3) is 32.7 Å². The summed E-state index contributed by atoms with van der Waals surface area (Å²) >= 11 is 7.11. The van der Waals surface area contributed by atoms with Crippen LogP contribution in [-0.2, 0) is 0 Å². The van der Waals surface area contributed by atoms with E-state index >= 15 is 0 Å². The molecule has 0 radical (unpaired) electrons. The molecule has 0 N–H and O–H groups in total. The molecule has 0 saturated heterocycles. The van der Waals surface area contributed by atoms with E-state index < -0.39 is 0 Å². The number of benzene rings is 2. The number of hydrogen-bond acceptors (Lipinski definition) is 2. The Morgan fingerprint density at radius 1 is 0.700 bits per heavy atom. The summed E-state index contributed by atoms with van der Waals surface area (Å²) < 4.78 is 12.9. The smallest absolute Gasteiger partial charge is 0.148 e. The maximum absolute atomic E-state index is 5.50. The first-order chi connectivity index (χ1) is 9.75. The molecule has 0 saturated carbocycles. The number of furan rings is 2. The Morgan fingerprint density at radius 3 is 1.50 bits per heavy atom. The van der Waals surface area contributed by atoms with Crippen LogP contribution in [0.4, 0.5) is 0 Å². The standard InChI is InChI=1S/C14H6Br2O2.C2H6/c15-11-6-10-8-2-4-18-14(8)12(16)5-9(10)7-1-3-17-13(7)11;1-2/h1-6H;1-2H3. The van der Waals surface area contributed by atoms with E-state index in [1.807, 2.05) is 26.0 Å². The van der Waals surface area contributed by atoms with Crippen molar-refractivity contribution in [1.82, 2.24) is 0 Å². The first-order valence-corrected chi connectivity index (χ1v) is 7.99. The first-order valence-electron chi connectivity index (χ1n) is 6.41. The fourth-order valence-corrected chi connectivity index (χ4v) is 3.47. The van der Waals surface area contributed by atoms with E-state index in [0.717, 1.165) is 41.7 Å². The third-order valence-electron chi connectivity index (χ3n) is 3.18. The zero-order valence-electron chi connectivity index (χ0n) is 11.0. The lowest BCUT2D eigenvalue weighted by molar-refractivity contribution is 0.613. The van der Waals surface area contributed by atoms with Gasteiger partial charge in [0.25, 0.3) is 0 Å². The van der Waals surface area contributed by atoms with Crippen LogP contribution in [0.15, 0.2) is 54.6 Å². The number of halogens is 2. The fraction of sp³-hybridized carbons (Fsp3) is 0.125. The van der Waals surface area contributed by atoms with Gasteiger partial charge in [0.2, 0.25) is 0 Å². The maximum Gasteiger partial charge on any atom is 0.148 e. The molecule has 102 valence electrons. The molecule has 20 heavy (non-hydrogen) atoms. The minimum absolute atomic E-state index is 0.872. The second-order valence-corrected chi connectivity index (χ2v) is 5.85.